The molecule has 0 fully saturated rings. The summed E-state index contributed by atoms with van der Waals surface area (Å²) in [6.07, 6.45) is 7.26. The Balaban J connectivity index is 2.01. The molecule has 2 atom stereocenters. The quantitative estimate of drug-likeness (QED) is 0.775. The normalized spacial score (nSPS) is 13.6. The third-order valence-electron chi connectivity index (χ3n) is 3.81. The van der Waals surface area contributed by atoms with E-state index in [9.17, 15) is 0 Å². The summed E-state index contributed by atoms with van der Waals surface area (Å²) in [5.41, 5.74) is 1.39. The van der Waals surface area contributed by atoms with Gasteiger partial charge in [0.05, 0.1) is 0 Å². The van der Waals surface area contributed by atoms with Crippen LogP contribution in [0.25, 0.3) is 0 Å². The van der Waals surface area contributed by atoms with Gasteiger partial charge in [-0.3, -0.25) is 0 Å². The second-order valence-corrected chi connectivity index (χ2v) is 5.69. The lowest BCUT2D eigenvalue weighted by Gasteiger charge is -2.21. The molecule has 0 amide bonds. The Kier molecular flexibility index (Phi) is 6.20. The van der Waals surface area contributed by atoms with Gasteiger partial charge in [-0.15, -0.1) is 0 Å². The van der Waals surface area contributed by atoms with E-state index in [2.05, 4.69) is 59.5 Å². The third-order valence-corrected chi connectivity index (χ3v) is 3.81. The van der Waals surface area contributed by atoms with E-state index in [-0.39, 0.29) is 0 Å². The number of anilines is 1. The number of hydrogen-bond acceptors (Lipinski definition) is 3. The Labute approximate surface area is 127 Å². The first-order valence-corrected chi connectivity index (χ1v) is 7.85. The van der Waals surface area contributed by atoms with Gasteiger partial charge in [0.15, 0.2) is 0 Å². The lowest BCUT2D eigenvalue weighted by molar-refractivity contribution is 0.442. The molecular formula is C18H25N3. The molecule has 112 valence electrons. The molecule has 0 bridgehead atoms. The van der Waals surface area contributed by atoms with Crippen LogP contribution in [0.3, 0.4) is 0 Å². The Morgan fingerprint density at radius 1 is 1.05 bits per heavy atom. The second-order valence-electron chi connectivity index (χ2n) is 5.69. The van der Waals surface area contributed by atoms with E-state index >= 15 is 0 Å². The van der Waals surface area contributed by atoms with Crippen molar-refractivity contribution in [1.29, 1.82) is 0 Å². The molecule has 21 heavy (non-hydrogen) atoms. The van der Waals surface area contributed by atoms with Crippen LogP contribution in [-0.2, 0) is 0 Å². The molecule has 0 saturated carbocycles. The van der Waals surface area contributed by atoms with Gasteiger partial charge in [0.25, 0.3) is 0 Å². The van der Waals surface area contributed by atoms with E-state index in [0.717, 1.165) is 12.5 Å². The average Bonchev–Trinajstić information content (AvgIpc) is 2.53. The molecule has 2 unspecified atom stereocenters. The minimum Gasteiger partial charge on any atom is -0.354 e. The van der Waals surface area contributed by atoms with Gasteiger partial charge in [-0.25, -0.2) is 9.97 Å². The highest BCUT2D eigenvalue weighted by Crippen LogP contribution is 2.26. The summed E-state index contributed by atoms with van der Waals surface area (Å²) >= 11 is 0. The van der Waals surface area contributed by atoms with Crippen molar-refractivity contribution >= 4 is 5.95 Å². The number of nitrogens with one attached hydrogen (secondary N) is 1. The van der Waals surface area contributed by atoms with Crippen molar-refractivity contribution in [3.8, 4) is 0 Å². The van der Waals surface area contributed by atoms with Crippen LogP contribution in [0.4, 0.5) is 5.95 Å². The van der Waals surface area contributed by atoms with Crippen LogP contribution in [0.5, 0.6) is 0 Å². The molecule has 0 aliphatic carbocycles. The lowest BCUT2D eigenvalue weighted by atomic mass is 9.87. The summed E-state index contributed by atoms with van der Waals surface area (Å²) in [5.74, 6) is 1.94. The zero-order valence-corrected chi connectivity index (χ0v) is 13.0. The summed E-state index contributed by atoms with van der Waals surface area (Å²) in [6.45, 7) is 5.48. The third kappa shape index (κ3) is 5.18. The molecule has 2 aromatic rings. The van der Waals surface area contributed by atoms with Crippen LogP contribution in [-0.4, -0.2) is 16.5 Å². The molecule has 1 N–H and O–H groups in total. The Hall–Kier alpha value is -1.90. The summed E-state index contributed by atoms with van der Waals surface area (Å²) in [5, 5.41) is 3.37. The van der Waals surface area contributed by atoms with Crippen LogP contribution in [0.15, 0.2) is 48.8 Å². The van der Waals surface area contributed by atoms with Crippen molar-refractivity contribution in [3.05, 3.63) is 54.4 Å². The predicted molar refractivity (Wildman–Crippen MR) is 88.4 cm³/mol. The van der Waals surface area contributed by atoms with Gasteiger partial charge >= 0.3 is 0 Å². The van der Waals surface area contributed by atoms with E-state index in [4.69, 9.17) is 0 Å². The molecule has 0 saturated heterocycles. The zero-order chi connectivity index (χ0) is 14.9. The first kappa shape index (κ1) is 15.5. The fraction of sp³-hybridized carbons (Fsp3) is 0.444. The minimum atomic E-state index is 0.497. The Morgan fingerprint density at radius 2 is 1.76 bits per heavy atom. The predicted octanol–water partition coefficient (Wildman–Crippen LogP) is 4.50. The van der Waals surface area contributed by atoms with Crippen molar-refractivity contribution in [2.75, 3.05) is 11.9 Å². The van der Waals surface area contributed by atoms with E-state index in [1.165, 1.54) is 24.8 Å². The van der Waals surface area contributed by atoms with Crippen LogP contribution in [0, 0.1) is 5.92 Å². The van der Waals surface area contributed by atoms with Crippen LogP contribution < -0.4 is 5.32 Å². The van der Waals surface area contributed by atoms with E-state index in [1.807, 2.05) is 6.07 Å². The number of nitrogens with zero attached hydrogens (tertiary/aromatic N) is 2. The summed E-state index contributed by atoms with van der Waals surface area (Å²) < 4.78 is 0. The van der Waals surface area contributed by atoms with Crippen molar-refractivity contribution in [2.45, 2.75) is 39.0 Å². The molecular weight excluding hydrogens is 258 g/mol. The summed E-state index contributed by atoms with van der Waals surface area (Å²) in [4.78, 5) is 8.48. The van der Waals surface area contributed by atoms with E-state index in [0.29, 0.717) is 11.9 Å². The molecule has 3 heteroatoms. The monoisotopic (exact) mass is 283 g/mol. The second kappa shape index (κ2) is 8.40. The minimum absolute atomic E-state index is 0.497. The van der Waals surface area contributed by atoms with Crippen LogP contribution in [0.1, 0.15) is 44.6 Å². The molecule has 0 aliphatic heterocycles. The van der Waals surface area contributed by atoms with Gasteiger partial charge in [-0.2, -0.15) is 0 Å². The summed E-state index contributed by atoms with van der Waals surface area (Å²) in [7, 11) is 0. The number of benzene rings is 1. The first-order valence-electron chi connectivity index (χ1n) is 7.85. The molecule has 0 radical (unpaired) electrons. The van der Waals surface area contributed by atoms with Crippen molar-refractivity contribution in [2.24, 2.45) is 5.92 Å². The van der Waals surface area contributed by atoms with E-state index < -0.39 is 0 Å². The van der Waals surface area contributed by atoms with Crippen LogP contribution in [0.2, 0.25) is 0 Å². The average molecular weight is 283 g/mol. The van der Waals surface area contributed by atoms with Gasteiger partial charge < -0.3 is 5.32 Å². The topological polar surface area (TPSA) is 37.8 Å². The van der Waals surface area contributed by atoms with Crippen molar-refractivity contribution in [3.63, 3.8) is 0 Å². The van der Waals surface area contributed by atoms with Gasteiger partial charge in [0.1, 0.15) is 0 Å². The highest BCUT2D eigenvalue weighted by Gasteiger charge is 2.15. The number of rotatable bonds is 8. The SMILES string of the molecule is CCCC(C)CC(CNc1ncccn1)c1ccccc1. The largest absolute Gasteiger partial charge is 0.354 e. The fourth-order valence-corrected chi connectivity index (χ4v) is 2.76. The highest BCUT2D eigenvalue weighted by atomic mass is 15.1. The smallest absolute Gasteiger partial charge is 0.222 e. The molecule has 2 rings (SSSR count). The lowest BCUT2D eigenvalue weighted by Crippen LogP contribution is -2.16. The number of aromatic nitrogens is 2. The first-order chi connectivity index (χ1) is 10.3. The maximum absolute atomic E-state index is 4.24. The molecule has 1 aromatic carbocycles. The molecule has 3 nitrogen and oxygen atoms in total. The van der Waals surface area contributed by atoms with Crippen LogP contribution >= 0.6 is 0 Å². The van der Waals surface area contributed by atoms with Crippen molar-refractivity contribution < 1.29 is 0 Å². The molecule has 0 aliphatic rings. The van der Waals surface area contributed by atoms with Gasteiger partial charge in [-0.05, 0) is 24.0 Å². The molecule has 1 aromatic heterocycles. The Bertz CT molecular complexity index is 498. The van der Waals surface area contributed by atoms with Gasteiger partial charge in [0.2, 0.25) is 5.95 Å². The maximum Gasteiger partial charge on any atom is 0.222 e. The van der Waals surface area contributed by atoms with Gasteiger partial charge in [0, 0.05) is 24.9 Å². The van der Waals surface area contributed by atoms with Crippen molar-refractivity contribution in [1.82, 2.24) is 9.97 Å². The molecule has 1 heterocycles. The highest BCUT2D eigenvalue weighted by molar-refractivity contribution is 5.26. The summed E-state index contributed by atoms with van der Waals surface area (Å²) in [6, 6.07) is 12.6. The Morgan fingerprint density at radius 3 is 2.43 bits per heavy atom. The van der Waals surface area contributed by atoms with E-state index in [1.54, 1.807) is 12.4 Å². The maximum atomic E-state index is 4.24. The molecule has 0 spiro atoms. The number of hydrogen-bond donors (Lipinski definition) is 1. The zero-order valence-electron chi connectivity index (χ0n) is 13.0. The van der Waals surface area contributed by atoms with Gasteiger partial charge in [-0.1, -0.05) is 57.0 Å². The fourth-order valence-electron chi connectivity index (χ4n) is 2.76. The standard InChI is InChI=1S/C18H25N3/c1-3-8-15(2)13-17(16-9-5-4-6-10-16)14-21-18-19-11-7-12-20-18/h4-7,9-12,15,17H,3,8,13-14H2,1-2H3,(H,19,20,21).